The van der Waals surface area contributed by atoms with Gasteiger partial charge in [-0.2, -0.15) is 0 Å². The third kappa shape index (κ3) is 2.49. The molecule has 22 heavy (non-hydrogen) atoms. The second-order valence-corrected chi connectivity index (χ2v) is 13.5. The van der Waals surface area contributed by atoms with Gasteiger partial charge in [0.25, 0.3) is 0 Å². The number of hydrogen-bond donors (Lipinski definition) is 0. The minimum atomic E-state index is -5.25. The van der Waals surface area contributed by atoms with Crippen LogP contribution >= 0.6 is 0 Å². The predicted molar refractivity (Wildman–Crippen MR) is 74.6 cm³/mol. The Bertz CT molecular complexity index is 587. The van der Waals surface area contributed by atoms with E-state index in [1.807, 2.05) is 20.8 Å². The van der Waals surface area contributed by atoms with E-state index in [9.17, 15) is 26.4 Å². The van der Waals surface area contributed by atoms with Crippen LogP contribution in [0.3, 0.4) is 0 Å². The van der Waals surface area contributed by atoms with Gasteiger partial charge in [0.2, 0.25) is 0 Å². The van der Waals surface area contributed by atoms with Crippen LogP contribution in [0.4, 0.5) is 13.2 Å². The van der Waals surface area contributed by atoms with Gasteiger partial charge in [-0.15, -0.1) is 0 Å². The number of fused-ring (bicyclic) bond motifs is 2. The number of ether oxygens (including phenoxy) is 1. The van der Waals surface area contributed by atoms with Crippen molar-refractivity contribution in [2.45, 2.75) is 57.0 Å². The van der Waals surface area contributed by atoms with Crippen LogP contribution in [-0.4, -0.2) is 39.8 Å². The second kappa shape index (κ2) is 5.11. The molecule has 0 amide bonds. The van der Waals surface area contributed by atoms with E-state index in [2.05, 4.69) is 0 Å². The summed E-state index contributed by atoms with van der Waals surface area (Å²) < 4.78 is 66.7. The van der Waals surface area contributed by atoms with E-state index < -0.39 is 49.9 Å². The van der Waals surface area contributed by atoms with E-state index in [0.717, 1.165) is 6.42 Å². The zero-order valence-corrected chi connectivity index (χ0v) is 15.3. The Morgan fingerprint density at radius 2 is 1.82 bits per heavy atom. The van der Waals surface area contributed by atoms with Gasteiger partial charge in [-0.1, -0.05) is 0 Å². The van der Waals surface area contributed by atoms with Gasteiger partial charge in [-0.05, 0) is 0 Å². The van der Waals surface area contributed by atoms with Gasteiger partial charge in [0, 0.05) is 0 Å². The van der Waals surface area contributed by atoms with E-state index in [4.69, 9.17) is 4.74 Å². The summed E-state index contributed by atoms with van der Waals surface area (Å²) in [6.45, 7) is 6.94. The first-order valence-corrected chi connectivity index (χ1v) is 11.4. The molecular weight excluding hydrogens is 388 g/mol. The maximum atomic E-state index is 12.7. The molecule has 0 spiro atoms. The number of carbonyl (C=O) groups excluding carboxylic acids is 1. The van der Waals surface area contributed by atoms with Crippen LogP contribution in [0.25, 0.3) is 0 Å². The van der Waals surface area contributed by atoms with Gasteiger partial charge in [0.15, 0.2) is 0 Å². The zero-order valence-electron chi connectivity index (χ0n) is 12.7. The molecule has 0 aromatic heterocycles. The van der Waals surface area contributed by atoms with Crippen LogP contribution in [0.2, 0.25) is 4.82 Å². The molecule has 2 unspecified atom stereocenters. The molecule has 0 N–H and O–H groups in total. The van der Waals surface area contributed by atoms with Crippen LogP contribution in [0.1, 0.15) is 40.5 Å². The van der Waals surface area contributed by atoms with E-state index in [0.29, 0.717) is 6.42 Å². The van der Waals surface area contributed by atoms with Gasteiger partial charge in [0.05, 0.1) is 0 Å². The molecule has 0 heterocycles. The summed E-state index contributed by atoms with van der Waals surface area (Å²) in [7, 11) is -5.18. The van der Waals surface area contributed by atoms with Crippen LogP contribution < -0.4 is 0 Å². The van der Waals surface area contributed by atoms with Crippen LogP contribution in [0.5, 0.6) is 0 Å². The number of esters is 1. The van der Waals surface area contributed by atoms with Crippen molar-refractivity contribution in [3.05, 3.63) is 0 Å². The fourth-order valence-corrected chi connectivity index (χ4v) is 10.3. The molecule has 2 aliphatic carbocycles. The van der Waals surface area contributed by atoms with Crippen molar-refractivity contribution >= 4 is 28.1 Å². The molecule has 4 atom stereocenters. The summed E-state index contributed by atoms with van der Waals surface area (Å²) >= 11 is -1.70. The van der Waals surface area contributed by atoms with Crippen molar-refractivity contribution in [1.29, 1.82) is 0 Å². The quantitative estimate of drug-likeness (QED) is 0.533. The topological polar surface area (TPSA) is 60.4 Å². The Balaban J connectivity index is 2.40. The van der Waals surface area contributed by atoms with Gasteiger partial charge < -0.3 is 0 Å². The third-order valence-electron chi connectivity index (χ3n) is 5.51. The second-order valence-electron chi connectivity index (χ2n) is 6.78. The summed E-state index contributed by atoms with van der Waals surface area (Å²) in [5.41, 5.74) is -6.10. The molecule has 2 saturated carbocycles. The molecule has 2 rings (SSSR count). The fraction of sp³-hybridized carbons (Fsp3) is 0.923. The summed E-state index contributed by atoms with van der Waals surface area (Å²) in [6, 6.07) is 0. The van der Waals surface area contributed by atoms with E-state index >= 15 is 0 Å². The molecule has 0 radical (unpaired) electrons. The SMILES string of the molecule is CC(=O)O[C@@H]1[C@@H]([Se]S(=O)(=O)C(F)(F)F)C2CCC1(C)C2(C)C. The maximum absolute atomic E-state index is 12.7. The third-order valence-corrected chi connectivity index (χ3v) is 11.9. The Labute approximate surface area is 133 Å². The van der Waals surface area contributed by atoms with E-state index in [-0.39, 0.29) is 11.3 Å². The van der Waals surface area contributed by atoms with Crippen molar-refractivity contribution < 1.29 is 31.1 Å². The Hall–Kier alpha value is -0.271. The van der Waals surface area contributed by atoms with Crippen molar-refractivity contribution in [3.8, 4) is 0 Å². The molecule has 0 aromatic carbocycles. The molecule has 2 fully saturated rings. The molecule has 2 bridgehead atoms. The normalized spacial score (nSPS) is 37.3. The molecule has 2 aliphatic rings. The molecular formula is C13H19F3O4SSe. The Kier molecular flexibility index (Phi) is 4.20. The van der Waals surface area contributed by atoms with Crippen molar-refractivity contribution in [2.24, 2.45) is 16.7 Å². The number of carbonyl (C=O) groups is 1. The molecule has 4 nitrogen and oxygen atoms in total. The molecule has 0 aromatic rings. The summed E-state index contributed by atoms with van der Waals surface area (Å²) in [5.74, 6) is -0.765. The van der Waals surface area contributed by atoms with Crippen molar-refractivity contribution in [2.75, 3.05) is 0 Å². The zero-order chi connectivity index (χ0) is 17.1. The summed E-state index contributed by atoms with van der Waals surface area (Å²) in [6.07, 6.45) is 0.623. The van der Waals surface area contributed by atoms with Gasteiger partial charge in [0.1, 0.15) is 0 Å². The molecule has 0 aliphatic heterocycles. The van der Waals surface area contributed by atoms with Gasteiger partial charge in [-0.25, -0.2) is 0 Å². The minimum absolute atomic E-state index is 0.182. The van der Waals surface area contributed by atoms with Gasteiger partial charge >= 0.3 is 133 Å². The average Bonchev–Trinajstić information content (AvgIpc) is 2.60. The Morgan fingerprint density at radius 3 is 2.27 bits per heavy atom. The number of alkyl halides is 3. The number of halogens is 3. The number of hydrogen-bond acceptors (Lipinski definition) is 4. The first-order valence-electron chi connectivity index (χ1n) is 6.91. The van der Waals surface area contributed by atoms with E-state index in [1.165, 1.54) is 6.92 Å². The fourth-order valence-electron chi connectivity index (χ4n) is 3.91. The van der Waals surface area contributed by atoms with Crippen LogP contribution in [0, 0.1) is 16.7 Å². The molecule has 128 valence electrons. The summed E-state index contributed by atoms with van der Waals surface area (Å²) in [4.78, 5) is 10.6. The van der Waals surface area contributed by atoms with Crippen molar-refractivity contribution in [3.63, 3.8) is 0 Å². The predicted octanol–water partition coefficient (Wildman–Crippen LogP) is 2.72. The Morgan fingerprint density at radius 1 is 1.27 bits per heavy atom. The first-order chi connectivity index (χ1) is 9.74. The van der Waals surface area contributed by atoms with Crippen LogP contribution in [-0.2, 0) is 17.8 Å². The van der Waals surface area contributed by atoms with Gasteiger partial charge in [-0.3, -0.25) is 0 Å². The monoisotopic (exact) mass is 408 g/mol. The molecule has 9 heteroatoms. The van der Waals surface area contributed by atoms with Crippen molar-refractivity contribution in [1.82, 2.24) is 0 Å². The summed E-state index contributed by atoms with van der Waals surface area (Å²) in [5, 5.41) is 0. The van der Waals surface area contributed by atoms with E-state index in [1.54, 1.807) is 0 Å². The average molecular weight is 407 g/mol. The number of rotatable bonds is 3. The standard InChI is InChI=1S/C13H19F3O4SSe/c1-7(17)20-10-9(22-21(18,19)13(14,15)16)8-5-6-12(10,4)11(8,2)3/h8-10H,5-6H2,1-4H3/t8?,9-,10+,12?/m0/s1. The van der Waals surface area contributed by atoms with Crippen LogP contribution in [0.15, 0.2) is 0 Å². The first kappa shape index (κ1) is 18.1. The molecule has 0 saturated heterocycles.